The van der Waals surface area contributed by atoms with Gasteiger partial charge in [0.05, 0.1) is 0 Å². The number of aliphatic imine (C=N–C) groups is 1. The minimum atomic E-state index is 0. The van der Waals surface area contributed by atoms with E-state index in [2.05, 4.69) is 53.1 Å². The van der Waals surface area contributed by atoms with E-state index in [1.807, 2.05) is 7.05 Å². The first kappa shape index (κ1) is 24.0. The molecule has 0 amide bonds. The van der Waals surface area contributed by atoms with Crippen LogP contribution in [0, 0.1) is 5.92 Å². The summed E-state index contributed by atoms with van der Waals surface area (Å²) < 4.78 is 0. The fourth-order valence-electron chi connectivity index (χ4n) is 4.12. The van der Waals surface area contributed by atoms with Crippen molar-refractivity contribution in [2.75, 3.05) is 39.8 Å². The van der Waals surface area contributed by atoms with Crippen LogP contribution in [0.25, 0.3) is 0 Å². The highest BCUT2D eigenvalue weighted by Gasteiger charge is 2.31. The summed E-state index contributed by atoms with van der Waals surface area (Å²) in [7, 11) is 1.88. The number of piperidine rings is 1. The predicted molar refractivity (Wildman–Crippen MR) is 124 cm³/mol. The van der Waals surface area contributed by atoms with Gasteiger partial charge in [-0.2, -0.15) is 0 Å². The van der Waals surface area contributed by atoms with E-state index in [4.69, 9.17) is 0 Å². The minimum absolute atomic E-state index is 0. The van der Waals surface area contributed by atoms with E-state index in [0.717, 1.165) is 25.1 Å². The molecular weight excluding hydrogens is 437 g/mol. The second-order valence-corrected chi connectivity index (χ2v) is 8.36. The molecule has 0 aliphatic carbocycles. The monoisotopic (exact) mass is 479 g/mol. The second kappa shape index (κ2) is 12.4. The number of nitrogens with zero attached hydrogens (tertiary/aromatic N) is 3. The van der Waals surface area contributed by atoms with Crippen molar-refractivity contribution < 1.29 is 0 Å². The van der Waals surface area contributed by atoms with Crippen LogP contribution in [-0.2, 0) is 0 Å². The van der Waals surface area contributed by atoms with E-state index in [9.17, 15) is 0 Å². The molecule has 0 bridgehead atoms. The van der Waals surface area contributed by atoms with Gasteiger partial charge in [0.1, 0.15) is 0 Å². The highest BCUT2D eigenvalue weighted by Crippen LogP contribution is 2.18. The molecule has 2 fully saturated rings. The van der Waals surface area contributed by atoms with Crippen molar-refractivity contribution in [3.63, 3.8) is 0 Å². The van der Waals surface area contributed by atoms with Crippen LogP contribution in [0.4, 0.5) is 0 Å². The third-order valence-electron chi connectivity index (χ3n) is 6.02. The van der Waals surface area contributed by atoms with Crippen LogP contribution in [0.15, 0.2) is 4.99 Å². The van der Waals surface area contributed by atoms with E-state index in [1.165, 1.54) is 51.7 Å². The molecule has 0 aromatic rings. The topological polar surface area (TPSA) is 42.9 Å². The molecule has 2 saturated heterocycles. The van der Waals surface area contributed by atoms with Gasteiger partial charge in [-0.15, -0.1) is 24.0 Å². The van der Waals surface area contributed by atoms with Crippen LogP contribution in [0.3, 0.4) is 0 Å². The smallest absolute Gasteiger partial charge is 0.191 e. The molecule has 2 heterocycles. The molecule has 0 spiro atoms. The fourth-order valence-corrected chi connectivity index (χ4v) is 4.12. The van der Waals surface area contributed by atoms with Crippen LogP contribution in [-0.4, -0.2) is 73.7 Å². The number of halogens is 1. The van der Waals surface area contributed by atoms with Crippen molar-refractivity contribution in [3.8, 4) is 0 Å². The fraction of sp³-hybridized carbons (Fsp3) is 0.950. The number of nitrogens with one attached hydrogen (secondary N) is 2. The van der Waals surface area contributed by atoms with Gasteiger partial charge < -0.3 is 15.5 Å². The van der Waals surface area contributed by atoms with E-state index in [0.29, 0.717) is 18.0 Å². The lowest BCUT2D eigenvalue weighted by Crippen LogP contribution is -2.47. The number of unbranched alkanes of at least 4 members (excludes halogenated alkanes) is 1. The van der Waals surface area contributed by atoms with Crippen LogP contribution < -0.4 is 10.6 Å². The summed E-state index contributed by atoms with van der Waals surface area (Å²) in [5, 5.41) is 7.15. The van der Waals surface area contributed by atoms with Gasteiger partial charge in [-0.1, -0.05) is 13.3 Å². The molecule has 26 heavy (non-hydrogen) atoms. The van der Waals surface area contributed by atoms with Gasteiger partial charge in [0.15, 0.2) is 5.96 Å². The lowest BCUT2D eigenvalue weighted by atomic mass is 10.0. The first-order valence-electron chi connectivity index (χ1n) is 10.5. The average molecular weight is 479 g/mol. The van der Waals surface area contributed by atoms with Crippen molar-refractivity contribution >= 4 is 29.9 Å². The number of hydrogen-bond donors (Lipinski definition) is 2. The number of hydrogen-bond acceptors (Lipinski definition) is 3. The average Bonchev–Trinajstić information content (AvgIpc) is 2.96. The van der Waals surface area contributed by atoms with E-state index >= 15 is 0 Å². The highest BCUT2D eigenvalue weighted by molar-refractivity contribution is 14.0. The number of likely N-dealkylation sites (tertiary alicyclic amines) is 2. The summed E-state index contributed by atoms with van der Waals surface area (Å²) in [4.78, 5) is 9.64. The lowest BCUT2D eigenvalue weighted by molar-refractivity contribution is 0.158. The van der Waals surface area contributed by atoms with E-state index < -0.39 is 0 Å². The van der Waals surface area contributed by atoms with Gasteiger partial charge in [-0.05, 0) is 65.5 Å². The quantitative estimate of drug-likeness (QED) is 0.255. The predicted octanol–water partition coefficient (Wildman–Crippen LogP) is 3.15. The normalized spacial score (nSPS) is 28.2. The Balaban J connectivity index is 0.00000338. The Morgan fingerprint density at radius 1 is 1.15 bits per heavy atom. The van der Waals surface area contributed by atoms with Crippen molar-refractivity contribution in [3.05, 3.63) is 0 Å². The summed E-state index contributed by atoms with van der Waals surface area (Å²) in [6.45, 7) is 15.1. The molecule has 0 aromatic carbocycles. The molecule has 0 saturated carbocycles. The maximum atomic E-state index is 4.42. The van der Waals surface area contributed by atoms with Crippen LogP contribution in [0.2, 0.25) is 0 Å². The molecular formula is C20H42IN5. The van der Waals surface area contributed by atoms with Crippen molar-refractivity contribution in [1.29, 1.82) is 0 Å². The molecule has 2 N–H and O–H groups in total. The summed E-state index contributed by atoms with van der Waals surface area (Å²) >= 11 is 0. The van der Waals surface area contributed by atoms with E-state index in [1.54, 1.807) is 0 Å². The Morgan fingerprint density at radius 2 is 1.92 bits per heavy atom. The minimum Gasteiger partial charge on any atom is -0.356 e. The Labute approximate surface area is 178 Å². The Hall–Kier alpha value is -0.0800. The Bertz CT molecular complexity index is 415. The van der Waals surface area contributed by atoms with Gasteiger partial charge in [0.25, 0.3) is 0 Å². The summed E-state index contributed by atoms with van der Waals surface area (Å²) in [5.41, 5.74) is 0. The molecule has 154 valence electrons. The van der Waals surface area contributed by atoms with Crippen molar-refractivity contribution in [2.45, 2.75) is 77.9 Å². The zero-order valence-corrected chi connectivity index (χ0v) is 20.0. The molecule has 3 atom stereocenters. The van der Waals surface area contributed by atoms with Gasteiger partial charge in [-0.3, -0.25) is 9.89 Å². The van der Waals surface area contributed by atoms with Crippen molar-refractivity contribution in [2.24, 2.45) is 10.9 Å². The standard InChI is InChI=1S/C20H41N5.HI/c1-16(2)25-14-17(3)19(15-25)23-20(21-5)22-11-7-9-13-24-12-8-6-10-18(24)4;/h16-19H,6-15H2,1-5H3,(H2,21,22,23);1H. The molecule has 0 aromatic heterocycles. The zero-order valence-electron chi connectivity index (χ0n) is 17.6. The first-order chi connectivity index (χ1) is 12.0. The number of rotatable bonds is 7. The SMILES string of the molecule is CN=C(NCCCCN1CCCCC1C)NC1CN(C(C)C)CC1C.I. The Kier molecular flexibility index (Phi) is 11.4. The van der Waals surface area contributed by atoms with Crippen molar-refractivity contribution in [1.82, 2.24) is 20.4 Å². The number of guanidine groups is 1. The maximum Gasteiger partial charge on any atom is 0.191 e. The largest absolute Gasteiger partial charge is 0.356 e. The van der Waals surface area contributed by atoms with Gasteiger partial charge in [0.2, 0.25) is 0 Å². The summed E-state index contributed by atoms with van der Waals surface area (Å²) in [6, 6.07) is 1.91. The molecule has 3 unspecified atom stereocenters. The molecule has 2 aliphatic heterocycles. The summed E-state index contributed by atoms with van der Waals surface area (Å²) in [6.07, 6.45) is 6.65. The molecule has 2 aliphatic rings. The Morgan fingerprint density at radius 3 is 2.54 bits per heavy atom. The van der Waals surface area contributed by atoms with Crippen LogP contribution in [0.5, 0.6) is 0 Å². The zero-order chi connectivity index (χ0) is 18.2. The maximum absolute atomic E-state index is 4.42. The molecule has 6 heteroatoms. The van der Waals surface area contributed by atoms with E-state index in [-0.39, 0.29) is 24.0 Å². The van der Waals surface area contributed by atoms with Crippen LogP contribution >= 0.6 is 24.0 Å². The molecule has 2 rings (SSSR count). The summed E-state index contributed by atoms with van der Waals surface area (Å²) in [5.74, 6) is 1.63. The van der Waals surface area contributed by atoms with Gasteiger partial charge >= 0.3 is 0 Å². The third kappa shape index (κ3) is 7.50. The van der Waals surface area contributed by atoms with Gasteiger partial charge in [0, 0.05) is 44.8 Å². The lowest BCUT2D eigenvalue weighted by Gasteiger charge is -2.33. The highest BCUT2D eigenvalue weighted by atomic mass is 127. The third-order valence-corrected chi connectivity index (χ3v) is 6.02. The molecule has 5 nitrogen and oxygen atoms in total. The van der Waals surface area contributed by atoms with Gasteiger partial charge in [-0.25, -0.2) is 0 Å². The second-order valence-electron chi connectivity index (χ2n) is 8.36. The molecule has 0 radical (unpaired) electrons. The van der Waals surface area contributed by atoms with Crippen LogP contribution in [0.1, 0.15) is 59.8 Å². The first-order valence-corrected chi connectivity index (χ1v) is 10.5.